The predicted octanol–water partition coefficient (Wildman–Crippen LogP) is 2.68. The minimum absolute atomic E-state index is 0.0901. The monoisotopic (exact) mass is 240 g/mol. The van der Waals surface area contributed by atoms with Gasteiger partial charge in [0.25, 0.3) is 5.91 Å². The van der Waals surface area contributed by atoms with Crippen molar-refractivity contribution in [2.24, 2.45) is 5.92 Å². The molecule has 16 heavy (non-hydrogen) atoms. The van der Waals surface area contributed by atoms with E-state index >= 15 is 0 Å². The van der Waals surface area contributed by atoms with Crippen LogP contribution in [0.2, 0.25) is 5.15 Å². The number of rotatable bonds is 4. The zero-order chi connectivity index (χ0) is 12.1. The molecule has 0 aliphatic rings. The van der Waals surface area contributed by atoms with Crippen molar-refractivity contribution in [1.82, 2.24) is 10.3 Å². The van der Waals surface area contributed by atoms with Crippen LogP contribution in [-0.4, -0.2) is 17.4 Å². The fourth-order valence-electron chi connectivity index (χ4n) is 1.26. The third kappa shape index (κ3) is 3.81. The van der Waals surface area contributed by atoms with E-state index in [0.29, 0.717) is 23.2 Å². The molecule has 0 bridgehead atoms. The lowest BCUT2D eigenvalue weighted by Crippen LogP contribution is -2.27. The van der Waals surface area contributed by atoms with Gasteiger partial charge in [-0.25, -0.2) is 4.98 Å². The van der Waals surface area contributed by atoms with Crippen LogP contribution >= 0.6 is 11.6 Å². The number of amides is 1. The van der Waals surface area contributed by atoms with Gasteiger partial charge in [0.2, 0.25) is 0 Å². The molecule has 88 valence electrons. The first-order valence-corrected chi connectivity index (χ1v) is 5.85. The van der Waals surface area contributed by atoms with Gasteiger partial charge in [0.1, 0.15) is 5.15 Å². The minimum Gasteiger partial charge on any atom is -0.352 e. The molecule has 1 aromatic heterocycles. The molecule has 0 aromatic carbocycles. The van der Waals surface area contributed by atoms with Gasteiger partial charge in [-0.3, -0.25) is 4.79 Å². The van der Waals surface area contributed by atoms with Crippen LogP contribution in [0.5, 0.6) is 0 Å². The number of hydrogen-bond acceptors (Lipinski definition) is 2. The quantitative estimate of drug-likeness (QED) is 0.823. The summed E-state index contributed by atoms with van der Waals surface area (Å²) in [6, 6.07) is 3.37. The van der Waals surface area contributed by atoms with E-state index in [1.807, 2.05) is 6.92 Å². The second-order valence-corrected chi connectivity index (χ2v) is 4.51. The second-order valence-electron chi connectivity index (χ2n) is 4.13. The normalized spacial score (nSPS) is 10.6. The molecule has 0 saturated carbocycles. The van der Waals surface area contributed by atoms with Crippen molar-refractivity contribution >= 4 is 17.5 Å². The predicted molar refractivity (Wildman–Crippen MR) is 65.8 cm³/mol. The smallest absolute Gasteiger partial charge is 0.251 e. The highest BCUT2D eigenvalue weighted by Gasteiger charge is 2.08. The number of carbonyl (C=O) groups is 1. The summed E-state index contributed by atoms with van der Waals surface area (Å²) in [7, 11) is 0. The van der Waals surface area contributed by atoms with Gasteiger partial charge < -0.3 is 5.32 Å². The molecule has 0 spiro atoms. The summed E-state index contributed by atoms with van der Waals surface area (Å²) in [5.41, 5.74) is 1.42. The Morgan fingerprint density at radius 2 is 2.19 bits per heavy atom. The Hall–Kier alpha value is -1.09. The molecule has 0 unspecified atom stereocenters. The zero-order valence-corrected chi connectivity index (χ0v) is 10.6. The first-order chi connectivity index (χ1) is 7.52. The number of carbonyl (C=O) groups excluding carboxylic acids is 1. The molecule has 1 heterocycles. The molecule has 0 aliphatic carbocycles. The summed E-state index contributed by atoms with van der Waals surface area (Å²) in [4.78, 5) is 15.9. The molecule has 3 nitrogen and oxygen atoms in total. The maximum absolute atomic E-state index is 11.8. The third-order valence-electron chi connectivity index (χ3n) is 2.14. The Balaban J connectivity index is 2.78. The van der Waals surface area contributed by atoms with Gasteiger partial charge >= 0.3 is 0 Å². The lowest BCUT2D eigenvalue weighted by Gasteiger charge is -2.08. The van der Waals surface area contributed by atoms with Crippen LogP contribution in [0.1, 0.15) is 36.8 Å². The van der Waals surface area contributed by atoms with Crippen LogP contribution in [0.3, 0.4) is 0 Å². The summed E-state index contributed by atoms with van der Waals surface area (Å²) in [5.74, 6) is 0.347. The van der Waals surface area contributed by atoms with E-state index < -0.39 is 0 Å². The minimum atomic E-state index is -0.0901. The summed E-state index contributed by atoms with van der Waals surface area (Å²) < 4.78 is 0. The number of aryl methyl sites for hydroxylation is 1. The lowest BCUT2D eigenvalue weighted by molar-refractivity contribution is 0.0949. The molecule has 0 saturated heterocycles. The SMILES string of the molecule is CCc1cc(C(=O)NCC(C)C)cc(Cl)n1. The van der Waals surface area contributed by atoms with Crippen LogP contribution in [-0.2, 0) is 6.42 Å². The second kappa shape index (κ2) is 5.85. The summed E-state index contributed by atoms with van der Waals surface area (Å²) in [6.07, 6.45) is 0.769. The van der Waals surface area contributed by atoms with E-state index in [0.717, 1.165) is 12.1 Å². The van der Waals surface area contributed by atoms with Crippen molar-refractivity contribution < 1.29 is 4.79 Å². The molecule has 4 heteroatoms. The van der Waals surface area contributed by atoms with E-state index in [1.54, 1.807) is 12.1 Å². The van der Waals surface area contributed by atoms with Crippen LogP contribution in [0, 0.1) is 5.92 Å². The van der Waals surface area contributed by atoms with E-state index in [-0.39, 0.29) is 5.91 Å². The van der Waals surface area contributed by atoms with E-state index in [9.17, 15) is 4.79 Å². The van der Waals surface area contributed by atoms with Gasteiger partial charge in [-0.1, -0.05) is 32.4 Å². The number of hydrogen-bond donors (Lipinski definition) is 1. The Kier molecular flexibility index (Phi) is 4.74. The summed E-state index contributed by atoms with van der Waals surface area (Å²) >= 11 is 5.84. The van der Waals surface area contributed by atoms with Gasteiger partial charge in [0.05, 0.1) is 0 Å². The highest BCUT2D eigenvalue weighted by Crippen LogP contribution is 2.11. The summed E-state index contributed by atoms with van der Waals surface area (Å²) in [6.45, 7) is 6.75. The van der Waals surface area contributed by atoms with Gasteiger partial charge in [0, 0.05) is 17.8 Å². The molecule has 1 N–H and O–H groups in total. The summed E-state index contributed by atoms with van der Waals surface area (Å²) in [5, 5.41) is 3.22. The molecular formula is C12H17ClN2O. The molecule has 0 radical (unpaired) electrons. The molecule has 1 rings (SSSR count). The highest BCUT2D eigenvalue weighted by atomic mass is 35.5. The van der Waals surface area contributed by atoms with E-state index in [4.69, 9.17) is 11.6 Å². The number of halogens is 1. The van der Waals surface area contributed by atoms with Crippen molar-refractivity contribution in [2.75, 3.05) is 6.54 Å². The fourth-order valence-corrected chi connectivity index (χ4v) is 1.49. The number of nitrogens with one attached hydrogen (secondary N) is 1. The standard InChI is InChI=1S/C12H17ClN2O/c1-4-10-5-9(6-11(13)15-10)12(16)14-7-8(2)3/h5-6,8H,4,7H2,1-3H3,(H,14,16). The number of aromatic nitrogens is 1. The van der Waals surface area contributed by atoms with Crippen LogP contribution in [0.4, 0.5) is 0 Å². The molecule has 1 amide bonds. The van der Waals surface area contributed by atoms with Gasteiger partial charge in [-0.05, 0) is 24.5 Å². The third-order valence-corrected chi connectivity index (χ3v) is 2.34. The maximum Gasteiger partial charge on any atom is 0.251 e. The molecule has 0 fully saturated rings. The Bertz CT molecular complexity index is 377. The highest BCUT2D eigenvalue weighted by molar-refractivity contribution is 6.29. The topological polar surface area (TPSA) is 42.0 Å². The van der Waals surface area contributed by atoms with Crippen LogP contribution < -0.4 is 5.32 Å². The first kappa shape index (κ1) is 13.0. The molecular weight excluding hydrogens is 224 g/mol. The van der Waals surface area contributed by atoms with Gasteiger partial charge in [0.15, 0.2) is 0 Å². The molecule has 0 atom stereocenters. The Labute approximate surface area is 101 Å². The van der Waals surface area contributed by atoms with E-state index in [1.165, 1.54) is 0 Å². The average molecular weight is 241 g/mol. The van der Waals surface area contributed by atoms with Crippen LogP contribution in [0.25, 0.3) is 0 Å². The average Bonchev–Trinajstić information content (AvgIpc) is 2.24. The largest absolute Gasteiger partial charge is 0.352 e. The number of nitrogens with zero attached hydrogens (tertiary/aromatic N) is 1. The van der Waals surface area contributed by atoms with Gasteiger partial charge in [-0.2, -0.15) is 0 Å². The van der Waals surface area contributed by atoms with Crippen molar-refractivity contribution in [2.45, 2.75) is 27.2 Å². The number of pyridine rings is 1. The van der Waals surface area contributed by atoms with E-state index in [2.05, 4.69) is 24.1 Å². The Morgan fingerprint density at radius 1 is 1.50 bits per heavy atom. The zero-order valence-electron chi connectivity index (χ0n) is 9.88. The Morgan fingerprint density at radius 3 is 2.75 bits per heavy atom. The van der Waals surface area contributed by atoms with Crippen molar-refractivity contribution in [3.63, 3.8) is 0 Å². The fraction of sp³-hybridized carbons (Fsp3) is 0.500. The lowest BCUT2D eigenvalue weighted by atomic mass is 10.1. The van der Waals surface area contributed by atoms with Crippen molar-refractivity contribution in [3.8, 4) is 0 Å². The maximum atomic E-state index is 11.8. The van der Waals surface area contributed by atoms with Crippen LogP contribution in [0.15, 0.2) is 12.1 Å². The molecule has 0 aliphatic heterocycles. The van der Waals surface area contributed by atoms with Crippen molar-refractivity contribution in [1.29, 1.82) is 0 Å². The van der Waals surface area contributed by atoms with Crippen molar-refractivity contribution in [3.05, 3.63) is 28.5 Å². The first-order valence-electron chi connectivity index (χ1n) is 5.47. The molecule has 1 aromatic rings. The van der Waals surface area contributed by atoms with Gasteiger partial charge in [-0.15, -0.1) is 0 Å².